The maximum Gasteiger partial charge on any atom is 0.274 e. The van der Waals surface area contributed by atoms with Crippen LogP contribution in [0.4, 0.5) is 11.4 Å². The lowest BCUT2D eigenvalue weighted by Crippen LogP contribution is -2.18. The van der Waals surface area contributed by atoms with Crippen LogP contribution in [-0.2, 0) is 0 Å². The molecule has 3 rings (SSSR count). The zero-order chi connectivity index (χ0) is 19.2. The molecule has 0 fully saturated rings. The van der Waals surface area contributed by atoms with Crippen LogP contribution < -0.4 is 15.4 Å². The SMILES string of the molecule is COc1ccc(NC(=O)c2cccc(C(=O)Nc3ccccc3C)n2)cc1. The minimum Gasteiger partial charge on any atom is -0.497 e. The molecule has 6 heteroatoms. The van der Waals surface area contributed by atoms with E-state index in [0.717, 1.165) is 5.56 Å². The normalized spacial score (nSPS) is 10.1. The fraction of sp³-hybridized carbons (Fsp3) is 0.0952. The number of para-hydroxylation sites is 1. The van der Waals surface area contributed by atoms with Gasteiger partial charge in [-0.1, -0.05) is 24.3 Å². The molecule has 1 heterocycles. The molecule has 1 aromatic heterocycles. The van der Waals surface area contributed by atoms with Crippen molar-refractivity contribution in [3.63, 3.8) is 0 Å². The van der Waals surface area contributed by atoms with E-state index in [4.69, 9.17) is 4.74 Å². The van der Waals surface area contributed by atoms with Crippen molar-refractivity contribution in [2.45, 2.75) is 6.92 Å². The van der Waals surface area contributed by atoms with Crippen LogP contribution in [-0.4, -0.2) is 23.9 Å². The molecular weight excluding hydrogens is 342 g/mol. The maximum absolute atomic E-state index is 12.5. The summed E-state index contributed by atoms with van der Waals surface area (Å²) in [5.41, 5.74) is 2.58. The Labute approximate surface area is 157 Å². The molecule has 0 atom stereocenters. The van der Waals surface area contributed by atoms with Gasteiger partial charge in [-0.05, 0) is 55.0 Å². The first-order valence-corrected chi connectivity index (χ1v) is 8.36. The Kier molecular flexibility index (Phi) is 5.47. The summed E-state index contributed by atoms with van der Waals surface area (Å²) in [4.78, 5) is 29.0. The van der Waals surface area contributed by atoms with Gasteiger partial charge in [0.2, 0.25) is 0 Å². The zero-order valence-corrected chi connectivity index (χ0v) is 15.0. The first-order valence-electron chi connectivity index (χ1n) is 8.36. The predicted molar refractivity (Wildman–Crippen MR) is 104 cm³/mol. The molecule has 0 aliphatic heterocycles. The van der Waals surface area contributed by atoms with Crippen molar-refractivity contribution in [1.29, 1.82) is 0 Å². The largest absolute Gasteiger partial charge is 0.497 e. The highest BCUT2D eigenvalue weighted by Gasteiger charge is 2.13. The number of carbonyl (C=O) groups is 2. The third-order valence-corrected chi connectivity index (χ3v) is 3.96. The second-order valence-corrected chi connectivity index (χ2v) is 5.86. The minimum atomic E-state index is -0.397. The maximum atomic E-state index is 12.5. The molecule has 0 aliphatic carbocycles. The predicted octanol–water partition coefficient (Wildman–Crippen LogP) is 3.90. The molecule has 6 nitrogen and oxygen atoms in total. The molecule has 2 aromatic carbocycles. The van der Waals surface area contributed by atoms with Crippen molar-refractivity contribution >= 4 is 23.2 Å². The molecule has 27 heavy (non-hydrogen) atoms. The second-order valence-electron chi connectivity index (χ2n) is 5.86. The highest BCUT2D eigenvalue weighted by molar-refractivity contribution is 6.06. The summed E-state index contributed by atoms with van der Waals surface area (Å²) in [6.07, 6.45) is 0. The standard InChI is InChI=1S/C21H19N3O3/c1-14-6-3-4-7-17(14)24-21(26)19-9-5-8-18(23-19)20(25)22-15-10-12-16(27-2)13-11-15/h3-13H,1-2H3,(H,22,25)(H,24,26). The molecule has 0 aliphatic rings. The fourth-order valence-electron chi connectivity index (χ4n) is 2.46. The van der Waals surface area contributed by atoms with Gasteiger partial charge < -0.3 is 15.4 Å². The summed E-state index contributed by atoms with van der Waals surface area (Å²) in [6, 6.07) is 19.2. The molecule has 2 amide bonds. The number of hydrogen-bond donors (Lipinski definition) is 2. The van der Waals surface area contributed by atoms with Crippen LogP contribution in [0.3, 0.4) is 0 Å². The molecule has 0 spiro atoms. The Bertz CT molecular complexity index is 968. The third kappa shape index (κ3) is 4.49. The van der Waals surface area contributed by atoms with Gasteiger partial charge in [-0.25, -0.2) is 4.98 Å². The number of aryl methyl sites for hydroxylation is 1. The lowest BCUT2D eigenvalue weighted by molar-refractivity contribution is 0.101. The number of ether oxygens (including phenoxy) is 1. The molecular formula is C21H19N3O3. The number of methoxy groups -OCH3 is 1. The van der Waals surface area contributed by atoms with Crippen LogP contribution in [0.5, 0.6) is 5.75 Å². The number of carbonyl (C=O) groups excluding carboxylic acids is 2. The summed E-state index contributed by atoms with van der Waals surface area (Å²) in [7, 11) is 1.57. The number of amides is 2. The Morgan fingerprint density at radius 3 is 2.07 bits per heavy atom. The number of anilines is 2. The van der Waals surface area contributed by atoms with Crippen molar-refractivity contribution in [2.75, 3.05) is 17.7 Å². The van der Waals surface area contributed by atoms with Crippen LogP contribution in [0.2, 0.25) is 0 Å². The fourth-order valence-corrected chi connectivity index (χ4v) is 2.46. The number of rotatable bonds is 5. The number of nitrogens with zero attached hydrogens (tertiary/aromatic N) is 1. The Hall–Kier alpha value is -3.67. The van der Waals surface area contributed by atoms with Crippen molar-refractivity contribution < 1.29 is 14.3 Å². The number of hydrogen-bond acceptors (Lipinski definition) is 4. The third-order valence-electron chi connectivity index (χ3n) is 3.96. The first kappa shape index (κ1) is 18.1. The van der Waals surface area contributed by atoms with Gasteiger partial charge >= 0.3 is 0 Å². The quantitative estimate of drug-likeness (QED) is 0.722. The minimum absolute atomic E-state index is 0.156. The van der Waals surface area contributed by atoms with E-state index < -0.39 is 5.91 Å². The number of aromatic nitrogens is 1. The van der Waals surface area contributed by atoms with Gasteiger partial charge in [-0.15, -0.1) is 0 Å². The zero-order valence-electron chi connectivity index (χ0n) is 15.0. The summed E-state index contributed by atoms with van der Waals surface area (Å²) in [5.74, 6) is -0.0740. The van der Waals surface area contributed by atoms with Gasteiger partial charge in [0, 0.05) is 11.4 Å². The molecule has 3 aromatic rings. The average Bonchev–Trinajstić information content (AvgIpc) is 2.70. The van der Waals surface area contributed by atoms with Crippen LogP contribution in [0.1, 0.15) is 26.5 Å². The molecule has 136 valence electrons. The Morgan fingerprint density at radius 1 is 0.815 bits per heavy atom. The van der Waals surface area contributed by atoms with E-state index >= 15 is 0 Å². The molecule has 0 radical (unpaired) electrons. The van der Waals surface area contributed by atoms with Gasteiger partial charge in [-0.2, -0.15) is 0 Å². The van der Waals surface area contributed by atoms with E-state index in [1.807, 2.05) is 31.2 Å². The van der Waals surface area contributed by atoms with E-state index in [2.05, 4.69) is 15.6 Å². The van der Waals surface area contributed by atoms with Gasteiger partial charge in [0.05, 0.1) is 7.11 Å². The van der Waals surface area contributed by atoms with Crippen molar-refractivity contribution in [1.82, 2.24) is 4.98 Å². The van der Waals surface area contributed by atoms with E-state index in [9.17, 15) is 9.59 Å². The van der Waals surface area contributed by atoms with E-state index in [-0.39, 0.29) is 17.3 Å². The monoisotopic (exact) mass is 361 g/mol. The molecule has 0 bridgehead atoms. The second kappa shape index (κ2) is 8.14. The summed E-state index contributed by atoms with van der Waals surface area (Å²) in [5, 5.41) is 5.55. The highest BCUT2D eigenvalue weighted by Crippen LogP contribution is 2.16. The average molecular weight is 361 g/mol. The summed E-state index contributed by atoms with van der Waals surface area (Å²) >= 11 is 0. The lowest BCUT2D eigenvalue weighted by Gasteiger charge is -2.09. The molecule has 0 saturated heterocycles. The van der Waals surface area contributed by atoms with Crippen LogP contribution in [0, 0.1) is 6.92 Å². The molecule has 2 N–H and O–H groups in total. The smallest absolute Gasteiger partial charge is 0.274 e. The summed E-state index contributed by atoms with van der Waals surface area (Å²) in [6.45, 7) is 1.90. The molecule has 0 saturated carbocycles. The van der Waals surface area contributed by atoms with E-state index in [1.165, 1.54) is 0 Å². The van der Waals surface area contributed by atoms with Crippen molar-refractivity contribution in [3.8, 4) is 5.75 Å². The topological polar surface area (TPSA) is 80.3 Å². The Balaban J connectivity index is 1.73. The van der Waals surface area contributed by atoms with Crippen LogP contribution in [0.15, 0.2) is 66.7 Å². The number of benzene rings is 2. The van der Waals surface area contributed by atoms with Crippen molar-refractivity contribution in [2.24, 2.45) is 0 Å². The van der Waals surface area contributed by atoms with Crippen LogP contribution >= 0.6 is 0 Å². The van der Waals surface area contributed by atoms with E-state index in [0.29, 0.717) is 17.1 Å². The van der Waals surface area contributed by atoms with Gasteiger partial charge in [0.25, 0.3) is 11.8 Å². The number of nitrogens with one attached hydrogen (secondary N) is 2. The molecule has 0 unspecified atom stereocenters. The lowest BCUT2D eigenvalue weighted by atomic mass is 10.2. The first-order chi connectivity index (χ1) is 13.1. The van der Waals surface area contributed by atoms with Gasteiger partial charge in [0.1, 0.15) is 17.1 Å². The van der Waals surface area contributed by atoms with Crippen LogP contribution in [0.25, 0.3) is 0 Å². The van der Waals surface area contributed by atoms with Gasteiger partial charge in [-0.3, -0.25) is 9.59 Å². The van der Waals surface area contributed by atoms with Gasteiger partial charge in [0.15, 0.2) is 0 Å². The van der Waals surface area contributed by atoms with E-state index in [1.54, 1.807) is 49.6 Å². The number of pyridine rings is 1. The summed E-state index contributed by atoms with van der Waals surface area (Å²) < 4.78 is 5.09. The Morgan fingerprint density at radius 2 is 1.44 bits per heavy atom. The van der Waals surface area contributed by atoms with Crippen molar-refractivity contribution in [3.05, 3.63) is 83.7 Å². The highest BCUT2D eigenvalue weighted by atomic mass is 16.5.